The summed E-state index contributed by atoms with van der Waals surface area (Å²) in [5, 5.41) is 0. The molecule has 0 bridgehead atoms. The first-order valence-electron chi connectivity index (χ1n) is 5.64. The van der Waals surface area contributed by atoms with Crippen molar-refractivity contribution in [2.75, 3.05) is 20.8 Å². The molecule has 2 rings (SSSR count). The molecule has 0 saturated heterocycles. The summed E-state index contributed by atoms with van der Waals surface area (Å²) >= 11 is 0. The van der Waals surface area contributed by atoms with E-state index >= 15 is 0 Å². The molecule has 17 heavy (non-hydrogen) atoms. The zero-order valence-electron chi connectivity index (χ0n) is 10.2. The van der Waals surface area contributed by atoms with E-state index in [-0.39, 0.29) is 12.0 Å². The van der Waals surface area contributed by atoms with Gasteiger partial charge in [0.2, 0.25) is 0 Å². The summed E-state index contributed by atoms with van der Waals surface area (Å²) in [6.07, 6.45) is 0. The fraction of sp³-hybridized carbons (Fsp3) is 0.462. The van der Waals surface area contributed by atoms with Crippen molar-refractivity contribution in [3.05, 3.63) is 35.4 Å². The quantitative estimate of drug-likeness (QED) is 0.735. The molecule has 0 radical (unpaired) electrons. The maximum Gasteiger partial charge on any atom is 0.325 e. The van der Waals surface area contributed by atoms with Gasteiger partial charge in [0.25, 0.3) is 0 Å². The second kappa shape index (κ2) is 5.29. The Morgan fingerprint density at radius 3 is 2.35 bits per heavy atom. The Labute approximate surface area is 101 Å². The van der Waals surface area contributed by atoms with Gasteiger partial charge in [-0.15, -0.1) is 0 Å². The number of methoxy groups -OCH3 is 2. The molecule has 0 aromatic heterocycles. The third-order valence-corrected chi connectivity index (χ3v) is 3.10. The fourth-order valence-electron chi connectivity index (χ4n) is 2.20. The molecule has 0 fully saturated rings. The maximum atomic E-state index is 11.7. The number of nitrogens with zero attached hydrogens (tertiary/aromatic N) is 1. The number of hydrogen-bond acceptors (Lipinski definition) is 4. The van der Waals surface area contributed by atoms with Crippen molar-refractivity contribution in [3.63, 3.8) is 0 Å². The summed E-state index contributed by atoms with van der Waals surface area (Å²) in [4.78, 5) is 13.8. The zero-order chi connectivity index (χ0) is 12.3. The highest BCUT2D eigenvalue weighted by molar-refractivity contribution is 5.76. The van der Waals surface area contributed by atoms with Crippen LogP contribution in [0.5, 0.6) is 0 Å². The van der Waals surface area contributed by atoms with Gasteiger partial charge in [-0.1, -0.05) is 24.3 Å². The Morgan fingerprint density at radius 1 is 1.29 bits per heavy atom. The van der Waals surface area contributed by atoms with E-state index in [4.69, 9.17) is 9.47 Å². The predicted octanol–water partition coefficient (Wildman–Crippen LogP) is 1.19. The molecule has 0 aliphatic carbocycles. The number of hydrogen-bond donors (Lipinski definition) is 0. The van der Waals surface area contributed by atoms with Gasteiger partial charge in [-0.25, -0.2) is 0 Å². The van der Waals surface area contributed by atoms with E-state index in [1.165, 1.54) is 18.2 Å². The van der Waals surface area contributed by atoms with Crippen molar-refractivity contribution in [2.24, 2.45) is 0 Å². The van der Waals surface area contributed by atoms with Crippen molar-refractivity contribution >= 4 is 5.97 Å². The maximum absolute atomic E-state index is 11.7. The van der Waals surface area contributed by atoms with Crippen LogP contribution >= 0.6 is 0 Å². The van der Waals surface area contributed by atoms with E-state index in [0.29, 0.717) is 6.61 Å². The minimum atomic E-state index is -0.322. The van der Waals surface area contributed by atoms with Gasteiger partial charge in [0, 0.05) is 20.2 Å². The largest absolute Gasteiger partial charge is 0.468 e. The monoisotopic (exact) mass is 235 g/mol. The van der Waals surface area contributed by atoms with E-state index in [1.54, 1.807) is 7.11 Å². The van der Waals surface area contributed by atoms with Gasteiger partial charge in [-0.2, -0.15) is 0 Å². The van der Waals surface area contributed by atoms with Crippen LogP contribution in [-0.2, 0) is 27.4 Å². The second-order valence-corrected chi connectivity index (χ2v) is 4.17. The van der Waals surface area contributed by atoms with Crippen LogP contribution in [0.3, 0.4) is 0 Å². The highest BCUT2D eigenvalue weighted by atomic mass is 16.5. The summed E-state index contributed by atoms with van der Waals surface area (Å²) in [7, 11) is 3.01. The number of rotatable bonds is 4. The normalized spacial score (nSPS) is 16.6. The number of fused-ring (bicyclic) bond motifs is 1. The topological polar surface area (TPSA) is 38.8 Å². The molecule has 1 aromatic rings. The van der Waals surface area contributed by atoms with E-state index in [2.05, 4.69) is 17.0 Å². The summed E-state index contributed by atoms with van der Waals surface area (Å²) in [6.45, 7) is 1.92. The van der Waals surface area contributed by atoms with Crippen molar-refractivity contribution in [1.82, 2.24) is 4.90 Å². The first kappa shape index (κ1) is 12.1. The summed E-state index contributed by atoms with van der Waals surface area (Å²) in [5.41, 5.74) is 2.55. The lowest BCUT2D eigenvalue weighted by atomic mass is 10.1. The Bertz CT molecular complexity index is 380. The molecular weight excluding hydrogens is 218 g/mol. The molecule has 0 amide bonds. The van der Waals surface area contributed by atoms with Gasteiger partial charge in [0.05, 0.1) is 13.7 Å². The fourth-order valence-corrected chi connectivity index (χ4v) is 2.20. The molecule has 0 N–H and O–H groups in total. The number of carbonyl (C=O) groups is 1. The van der Waals surface area contributed by atoms with Gasteiger partial charge in [-0.3, -0.25) is 9.69 Å². The molecule has 0 saturated carbocycles. The number of benzene rings is 1. The number of ether oxygens (including phenoxy) is 2. The summed E-state index contributed by atoms with van der Waals surface area (Å²) in [5.74, 6) is -0.236. The highest BCUT2D eigenvalue weighted by Gasteiger charge is 2.31. The van der Waals surface area contributed by atoms with E-state index < -0.39 is 0 Å². The second-order valence-electron chi connectivity index (χ2n) is 4.17. The minimum absolute atomic E-state index is 0.236. The van der Waals surface area contributed by atoms with Crippen LogP contribution in [-0.4, -0.2) is 37.7 Å². The molecule has 4 nitrogen and oxygen atoms in total. The third kappa shape index (κ3) is 2.48. The molecule has 1 atom stereocenters. The van der Waals surface area contributed by atoms with Gasteiger partial charge in [0.1, 0.15) is 6.04 Å². The molecule has 0 spiro atoms. The first-order chi connectivity index (χ1) is 8.26. The zero-order valence-corrected chi connectivity index (χ0v) is 10.2. The van der Waals surface area contributed by atoms with Crippen molar-refractivity contribution in [1.29, 1.82) is 0 Å². The molecule has 1 unspecified atom stereocenters. The van der Waals surface area contributed by atoms with Crippen LogP contribution in [0.4, 0.5) is 0 Å². The Kier molecular flexibility index (Phi) is 3.76. The minimum Gasteiger partial charge on any atom is -0.468 e. The lowest BCUT2D eigenvalue weighted by Crippen LogP contribution is -2.41. The third-order valence-electron chi connectivity index (χ3n) is 3.10. The van der Waals surface area contributed by atoms with E-state index in [1.807, 2.05) is 12.1 Å². The number of esters is 1. The molecular formula is C13H17NO3. The lowest BCUT2D eigenvalue weighted by molar-refractivity contribution is -0.149. The smallest absolute Gasteiger partial charge is 0.325 e. The lowest BCUT2D eigenvalue weighted by Gasteiger charge is -2.24. The molecule has 1 heterocycles. The average Bonchev–Trinajstić information content (AvgIpc) is 2.78. The van der Waals surface area contributed by atoms with Crippen LogP contribution in [0.1, 0.15) is 11.1 Å². The van der Waals surface area contributed by atoms with Gasteiger partial charge in [0.15, 0.2) is 0 Å². The summed E-state index contributed by atoms with van der Waals surface area (Å²) in [6, 6.07) is 7.90. The average molecular weight is 235 g/mol. The summed E-state index contributed by atoms with van der Waals surface area (Å²) < 4.78 is 9.91. The first-order valence-corrected chi connectivity index (χ1v) is 5.64. The van der Waals surface area contributed by atoms with Gasteiger partial charge in [-0.05, 0) is 11.1 Å². The predicted molar refractivity (Wildman–Crippen MR) is 63.4 cm³/mol. The van der Waals surface area contributed by atoms with Crippen molar-refractivity contribution < 1.29 is 14.3 Å². The standard InChI is InChI=1S/C13H17NO3/c1-16-9-12(13(15)17-2)14-7-10-5-3-4-6-11(10)8-14/h3-6,12H,7-9H2,1-2H3. The van der Waals surface area contributed by atoms with Gasteiger partial charge < -0.3 is 9.47 Å². The number of carbonyl (C=O) groups excluding carboxylic acids is 1. The van der Waals surface area contributed by atoms with E-state index in [9.17, 15) is 4.79 Å². The van der Waals surface area contributed by atoms with Crippen LogP contribution in [0.15, 0.2) is 24.3 Å². The Morgan fingerprint density at radius 2 is 1.88 bits per heavy atom. The Balaban J connectivity index is 2.11. The van der Waals surface area contributed by atoms with Crippen molar-refractivity contribution in [3.8, 4) is 0 Å². The molecule has 1 aliphatic rings. The molecule has 92 valence electrons. The highest BCUT2D eigenvalue weighted by Crippen LogP contribution is 2.24. The van der Waals surface area contributed by atoms with Crippen LogP contribution < -0.4 is 0 Å². The Hall–Kier alpha value is -1.39. The molecule has 1 aromatic carbocycles. The molecule has 1 aliphatic heterocycles. The SMILES string of the molecule is COCC(C(=O)OC)N1Cc2ccccc2C1. The van der Waals surface area contributed by atoms with Crippen molar-refractivity contribution in [2.45, 2.75) is 19.1 Å². The van der Waals surface area contributed by atoms with Crippen LogP contribution in [0.2, 0.25) is 0 Å². The van der Waals surface area contributed by atoms with E-state index in [0.717, 1.165) is 13.1 Å². The molecule has 4 heteroatoms. The van der Waals surface area contributed by atoms with Gasteiger partial charge >= 0.3 is 5.97 Å². The van der Waals surface area contributed by atoms with Crippen LogP contribution in [0.25, 0.3) is 0 Å². The van der Waals surface area contributed by atoms with Crippen LogP contribution in [0, 0.1) is 0 Å².